The van der Waals surface area contributed by atoms with E-state index >= 15 is 0 Å². The molecule has 0 saturated heterocycles. The van der Waals surface area contributed by atoms with Crippen LogP contribution in [0.3, 0.4) is 0 Å². The van der Waals surface area contributed by atoms with E-state index in [9.17, 15) is 0 Å². The van der Waals surface area contributed by atoms with Crippen molar-refractivity contribution in [2.24, 2.45) is 0 Å². The first-order chi connectivity index (χ1) is 12.7. The summed E-state index contributed by atoms with van der Waals surface area (Å²) in [5.74, 6) is 2.08. The minimum Gasteiger partial charge on any atom is -0.208 e. The predicted octanol–water partition coefficient (Wildman–Crippen LogP) is 5.88. The number of aryl methyl sites for hydroxylation is 1. The molecule has 3 nitrogen and oxygen atoms in total. The lowest BCUT2D eigenvalue weighted by Crippen LogP contribution is -2.02. The molecule has 1 heterocycles. The number of nitrogens with zero attached hydrogens (tertiary/aromatic N) is 3. The number of rotatable bonds is 5. The van der Waals surface area contributed by atoms with Gasteiger partial charge in [0.2, 0.25) is 0 Å². The van der Waals surface area contributed by atoms with Gasteiger partial charge in [0.1, 0.15) is 0 Å². The van der Waals surface area contributed by atoms with Crippen LogP contribution in [0.25, 0.3) is 28.3 Å². The van der Waals surface area contributed by atoms with Crippen LogP contribution in [0.15, 0.2) is 72.8 Å². The Morgan fingerprint density at radius 3 is 2.23 bits per heavy atom. The molecule has 26 heavy (non-hydrogen) atoms. The molecule has 0 amide bonds. The highest BCUT2D eigenvalue weighted by atomic mass is 15.0. The van der Waals surface area contributed by atoms with Crippen molar-refractivity contribution < 1.29 is 0 Å². The molecule has 0 aliphatic heterocycles. The van der Waals surface area contributed by atoms with E-state index in [1.165, 1.54) is 5.56 Å². The van der Waals surface area contributed by atoms with E-state index in [1.807, 2.05) is 55.5 Å². The number of hydrogen-bond donors (Lipinski definition) is 0. The maximum atomic E-state index is 4.75. The largest absolute Gasteiger partial charge is 0.208 e. The van der Waals surface area contributed by atoms with E-state index in [-0.39, 0.29) is 0 Å². The number of hydrogen-bond acceptors (Lipinski definition) is 3. The zero-order valence-corrected chi connectivity index (χ0v) is 15.5. The summed E-state index contributed by atoms with van der Waals surface area (Å²) in [5, 5.41) is 0. The van der Waals surface area contributed by atoms with Crippen molar-refractivity contribution in [1.29, 1.82) is 0 Å². The molecule has 0 fully saturated rings. The molecule has 3 rings (SSSR count). The summed E-state index contributed by atoms with van der Waals surface area (Å²) < 4.78 is 0. The third-order valence-corrected chi connectivity index (χ3v) is 4.05. The van der Waals surface area contributed by atoms with Gasteiger partial charge >= 0.3 is 0 Å². The summed E-state index contributed by atoms with van der Waals surface area (Å²) in [5.41, 5.74) is 4.17. The first-order valence-electron chi connectivity index (χ1n) is 8.93. The number of benzene rings is 2. The summed E-state index contributed by atoms with van der Waals surface area (Å²) >= 11 is 0. The van der Waals surface area contributed by atoms with Crippen molar-refractivity contribution in [3.63, 3.8) is 0 Å². The molecule has 3 aromatic rings. The van der Waals surface area contributed by atoms with Crippen LogP contribution >= 0.6 is 0 Å². The third-order valence-electron chi connectivity index (χ3n) is 4.05. The van der Waals surface area contributed by atoms with Gasteiger partial charge in [0, 0.05) is 16.7 Å². The average Bonchev–Trinajstić information content (AvgIpc) is 2.69. The van der Waals surface area contributed by atoms with E-state index in [2.05, 4.69) is 38.1 Å². The van der Waals surface area contributed by atoms with Crippen molar-refractivity contribution in [3.05, 3.63) is 84.2 Å². The SMILES string of the molecule is C/C=C(\C=C/CC)c1nc(-c2ccccc2)nc(-c2cccc(C)c2)n1. The highest BCUT2D eigenvalue weighted by Gasteiger charge is 2.12. The molecule has 0 unspecified atom stereocenters. The maximum Gasteiger partial charge on any atom is 0.164 e. The monoisotopic (exact) mass is 341 g/mol. The minimum atomic E-state index is 0.691. The quantitative estimate of drug-likeness (QED) is 0.544. The van der Waals surface area contributed by atoms with Crippen LogP contribution in [-0.2, 0) is 0 Å². The van der Waals surface area contributed by atoms with Gasteiger partial charge in [-0.25, -0.2) is 15.0 Å². The fourth-order valence-electron chi connectivity index (χ4n) is 2.68. The van der Waals surface area contributed by atoms with Crippen LogP contribution in [0.1, 0.15) is 31.7 Å². The second-order valence-corrected chi connectivity index (χ2v) is 6.10. The van der Waals surface area contributed by atoms with E-state index < -0.39 is 0 Å². The van der Waals surface area contributed by atoms with Gasteiger partial charge in [-0.3, -0.25) is 0 Å². The Kier molecular flexibility index (Phi) is 5.69. The predicted molar refractivity (Wildman–Crippen MR) is 109 cm³/mol. The van der Waals surface area contributed by atoms with Crippen LogP contribution in [0, 0.1) is 6.92 Å². The lowest BCUT2D eigenvalue weighted by Gasteiger charge is -2.09. The maximum absolute atomic E-state index is 4.75. The molecule has 130 valence electrons. The summed E-state index contributed by atoms with van der Waals surface area (Å²) in [7, 11) is 0. The van der Waals surface area contributed by atoms with Crippen molar-refractivity contribution in [3.8, 4) is 22.8 Å². The molecule has 0 spiro atoms. The van der Waals surface area contributed by atoms with E-state index in [1.54, 1.807) is 0 Å². The Morgan fingerprint density at radius 1 is 0.885 bits per heavy atom. The molecule has 0 saturated carbocycles. The topological polar surface area (TPSA) is 38.7 Å². The van der Waals surface area contributed by atoms with Gasteiger partial charge in [-0.2, -0.15) is 0 Å². The van der Waals surface area contributed by atoms with Crippen LogP contribution in [0.4, 0.5) is 0 Å². The molecule has 0 aliphatic rings. The molecule has 0 atom stereocenters. The van der Waals surface area contributed by atoms with Gasteiger partial charge in [0.05, 0.1) is 0 Å². The Morgan fingerprint density at radius 2 is 1.58 bits per heavy atom. The third kappa shape index (κ3) is 4.12. The second kappa shape index (κ2) is 8.34. The van der Waals surface area contributed by atoms with Gasteiger partial charge in [0.25, 0.3) is 0 Å². The Balaban J connectivity index is 2.18. The van der Waals surface area contributed by atoms with Crippen molar-refractivity contribution in [2.75, 3.05) is 0 Å². The van der Waals surface area contributed by atoms with Crippen molar-refractivity contribution in [2.45, 2.75) is 27.2 Å². The van der Waals surface area contributed by atoms with Gasteiger partial charge in [-0.1, -0.05) is 79.2 Å². The van der Waals surface area contributed by atoms with Gasteiger partial charge in [0.15, 0.2) is 17.5 Å². The fourth-order valence-corrected chi connectivity index (χ4v) is 2.68. The van der Waals surface area contributed by atoms with Crippen molar-refractivity contribution >= 4 is 5.57 Å². The molecule has 3 heteroatoms. The Labute approximate surface area is 155 Å². The molecule has 1 aromatic heterocycles. The van der Waals surface area contributed by atoms with Crippen LogP contribution in [0.5, 0.6) is 0 Å². The van der Waals surface area contributed by atoms with Crippen molar-refractivity contribution in [1.82, 2.24) is 15.0 Å². The van der Waals surface area contributed by atoms with Crippen LogP contribution < -0.4 is 0 Å². The lowest BCUT2D eigenvalue weighted by molar-refractivity contribution is 1.04. The van der Waals surface area contributed by atoms with Gasteiger partial charge in [-0.15, -0.1) is 0 Å². The highest BCUT2D eigenvalue weighted by Crippen LogP contribution is 2.23. The standard InChI is InChI=1S/C23H23N3/c1-4-6-12-18(5-2)21-24-22(19-13-8-7-9-14-19)26-23(25-21)20-15-10-11-17(3)16-20/h5-16H,4H2,1-3H3/b12-6-,18-5+. The van der Waals surface area contributed by atoms with Gasteiger partial charge < -0.3 is 0 Å². The summed E-state index contributed by atoms with van der Waals surface area (Å²) in [6.07, 6.45) is 7.20. The smallest absolute Gasteiger partial charge is 0.164 e. The normalized spacial score (nSPS) is 11.9. The Bertz CT molecular complexity index is 941. The highest BCUT2D eigenvalue weighted by molar-refractivity contribution is 5.72. The molecular weight excluding hydrogens is 318 g/mol. The summed E-state index contributed by atoms with van der Waals surface area (Å²) in [6.45, 7) is 6.20. The molecule has 0 radical (unpaired) electrons. The van der Waals surface area contributed by atoms with E-state index in [4.69, 9.17) is 15.0 Å². The fraction of sp³-hybridized carbons (Fsp3) is 0.174. The van der Waals surface area contributed by atoms with E-state index in [0.717, 1.165) is 23.1 Å². The Hall–Kier alpha value is -3.07. The number of allylic oxidation sites excluding steroid dienone is 4. The molecule has 0 N–H and O–H groups in total. The molecule has 0 bridgehead atoms. The molecular formula is C23H23N3. The lowest BCUT2D eigenvalue weighted by atomic mass is 10.1. The molecule has 0 aliphatic carbocycles. The first kappa shape index (κ1) is 17.7. The molecule has 2 aromatic carbocycles. The van der Waals surface area contributed by atoms with E-state index in [0.29, 0.717) is 17.5 Å². The van der Waals surface area contributed by atoms with Crippen LogP contribution in [0.2, 0.25) is 0 Å². The zero-order valence-electron chi connectivity index (χ0n) is 15.5. The zero-order chi connectivity index (χ0) is 18.4. The summed E-state index contributed by atoms with van der Waals surface area (Å²) in [4.78, 5) is 14.2. The first-order valence-corrected chi connectivity index (χ1v) is 8.93. The van der Waals surface area contributed by atoms with Gasteiger partial charge in [-0.05, 0) is 26.3 Å². The number of aromatic nitrogens is 3. The average molecular weight is 341 g/mol. The van der Waals surface area contributed by atoms with Crippen LogP contribution in [-0.4, -0.2) is 15.0 Å². The summed E-state index contributed by atoms with van der Waals surface area (Å²) in [6, 6.07) is 18.3. The minimum absolute atomic E-state index is 0.691. The second-order valence-electron chi connectivity index (χ2n) is 6.10.